The molecule has 0 aliphatic carbocycles. The third kappa shape index (κ3) is 4.57. The number of hydrogen-bond acceptors (Lipinski definition) is 3. The first-order chi connectivity index (χ1) is 15.4. The van der Waals surface area contributed by atoms with Crippen LogP contribution >= 0.6 is 0 Å². The number of hydrogen-bond donors (Lipinski definition) is 0. The Bertz CT molecular complexity index is 1110. The summed E-state index contributed by atoms with van der Waals surface area (Å²) >= 11 is 0. The highest BCUT2D eigenvalue weighted by Crippen LogP contribution is 2.28. The highest BCUT2D eigenvalue weighted by atomic mass is 16.2. The Labute approximate surface area is 189 Å². The zero-order valence-corrected chi connectivity index (χ0v) is 18.9. The minimum atomic E-state index is -0.145. The number of rotatable bonds is 5. The molecule has 1 aliphatic heterocycles. The normalized spacial score (nSPS) is 13.1. The Morgan fingerprint density at radius 1 is 1.06 bits per heavy atom. The van der Waals surface area contributed by atoms with Gasteiger partial charge in [-0.15, -0.1) is 0 Å². The van der Waals surface area contributed by atoms with E-state index in [2.05, 4.69) is 31.0 Å². The maximum Gasteiger partial charge on any atom is 0.259 e. The number of benzene rings is 2. The molecular formula is C27H29N3O2. The predicted octanol–water partition coefficient (Wildman–Crippen LogP) is 5.00. The van der Waals surface area contributed by atoms with Crippen molar-refractivity contribution in [2.45, 2.75) is 39.0 Å². The summed E-state index contributed by atoms with van der Waals surface area (Å²) in [5, 5.41) is 0. The highest BCUT2D eigenvalue weighted by Gasteiger charge is 2.26. The lowest BCUT2D eigenvalue weighted by Crippen LogP contribution is -2.37. The van der Waals surface area contributed by atoms with Crippen molar-refractivity contribution in [3.05, 3.63) is 89.2 Å². The Kier molecular flexibility index (Phi) is 6.35. The maximum absolute atomic E-state index is 13.2. The number of aryl methyl sites for hydroxylation is 1. The van der Waals surface area contributed by atoms with Crippen LogP contribution in [0.1, 0.15) is 53.4 Å². The molecule has 0 atom stereocenters. The van der Waals surface area contributed by atoms with Gasteiger partial charge >= 0.3 is 0 Å². The zero-order chi connectivity index (χ0) is 22.7. The van der Waals surface area contributed by atoms with Crippen LogP contribution in [0.25, 0.3) is 0 Å². The van der Waals surface area contributed by atoms with E-state index >= 15 is 0 Å². The molecule has 32 heavy (non-hydrogen) atoms. The standard InChI is InChI=1S/C27H29N3O2/c1-19(2)21-13-11-20(12-14-21)16-26(31)30-15-7-10-24-25(30)17-22(18-28-24)27(32)29(3)23-8-5-4-6-9-23/h4-6,8-9,11-14,17-19H,7,10,15-16H2,1-3H3. The molecule has 1 aliphatic rings. The van der Waals surface area contributed by atoms with Crippen LogP contribution in [0, 0.1) is 0 Å². The van der Waals surface area contributed by atoms with Crippen LogP contribution < -0.4 is 9.80 Å². The second-order valence-electron chi connectivity index (χ2n) is 8.61. The molecule has 3 aromatic rings. The first-order valence-electron chi connectivity index (χ1n) is 11.2. The van der Waals surface area contributed by atoms with Gasteiger partial charge in [-0.3, -0.25) is 14.6 Å². The van der Waals surface area contributed by atoms with Crippen molar-refractivity contribution >= 4 is 23.2 Å². The summed E-state index contributed by atoms with van der Waals surface area (Å²) in [6, 6.07) is 19.6. The van der Waals surface area contributed by atoms with E-state index in [1.54, 1.807) is 23.0 Å². The lowest BCUT2D eigenvalue weighted by molar-refractivity contribution is -0.118. The van der Waals surface area contributed by atoms with Gasteiger partial charge in [-0.25, -0.2) is 0 Å². The van der Waals surface area contributed by atoms with Gasteiger partial charge in [0.05, 0.1) is 23.4 Å². The average molecular weight is 428 g/mol. The summed E-state index contributed by atoms with van der Waals surface area (Å²) < 4.78 is 0. The van der Waals surface area contributed by atoms with E-state index in [1.165, 1.54) is 5.56 Å². The highest BCUT2D eigenvalue weighted by molar-refractivity contribution is 6.07. The smallest absolute Gasteiger partial charge is 0.259 e. The number of fused-ring (bicyclic) bond motifs is 1. The van der Waals surface area contributed by atoms with E-state index in [4.69, 9.17) is 0 Å². The molecule has 4 rings (SSSR count). The van der Waals surface area contributed by atoms with Crippen LogP contribution in [0.15, 0.2) is 66.9 Å². The summed E-state index contributed by atoms with van der Waals surface area (Å²) in [6.07, 6.45) is 3.64. The molecule has 0 radical (unpaired) electrons. The number of carbonyl (C=O) groups excluding carboxylic acids is 2. The van der Waals surface area contributed by atoms with Crippen molar-refractivity contribution in [3.8, 4) is 0 Å². The predicted molar refractivity (Wildman–Crippen MR) is 128 cm³/mol. The minimum Gasteiger partial charge on any atom is -0.311 e. The van der Waals surface area contributed by atoms with E-state index in [9.17, 15) is 9.59 Å². The molecule has 0 spiro atoms. The van der Waals surface area contributed by atoms with Crippen LogP contribution in [-0.4, -0.2) is 30.4 Å². The lowest BCUT2D eigenvalue weighted by atomic mass is 10.00. The second kappa shape index (κ2) is 9.35. The Balaban J connectivity index is 1.55. The molecule has 0 fully saturated rings. The number of para-hydroxylation sites is 1. The van der Waals surface area contributed by atoms with Crippen LogP contribution in [0.4, 0.5) is 11.4 Å². The van der Waals surface area contributed by atoms with E-state index in [0.29, 0.717) is 24.4 Å². The number of anilines is 2. The summed E-state index contributed by atoms with van der Waals surface area (Å²) in [6.45, 7) is 4.96. The molecule has 0 saturated heterocycles. The first kappa shape index (κ1) is 21.8. The quantitative estimate of drug-likeness (QED) is 0.576. The monoisotopic (exact) mass is 427 g/mol. The molecule has 0 unspecified atom stereocenters. The van der Waals surface area contributed by atoms with Crippen molar-refractivity contribution in [3.63, 3.8) is 0 Å². The molecule has 0 N–H and O–H groups in total. The molecule has 0 bridgehead atoms. The van der Waals surface area contributed by atoms with Crippen molar-refractivity contribution in [1.29, 1.82) is 0 Å². The molecule has 2 aromatic carbocycles. The largest absolute Gasteiger partial charge is 0.311 e. The summed E-state index contributed by atoms with van der Waals surface area (Å²) in [5.41, 5.74) is 5.19. The van der Waals surface area contributed by atoms with Gasteiger partial charge in [0, 0.05) is 25.5 Å². The molecule has 1 aromatic heterocycles. The molecule has 5 nitrogen and oxygen atoms in total. The topological polar surface area (TPSA) is 53.5 Å². The molecule has 5 heteroatoms. The van der Waals surface area contributed by atoms with Crippen LogP contribution in [0.3, 0.4) is 0 Å². The Morgan fingerprint density at radius 2 is 1.78 bits per heavy atom. The molecule has 2 heterocycles. The first-order valence-corrected chi connectivity index (χ1v) is 11.2. The Hall–Kier alpha value is -3.47. The van der Waals surface area contributed by atoms with Gasteiger partial charge in [0.25, 0.3) is 5.91 Å². The van der Waals surface area contributed by atoms with Crippen molar-refractivity contribution in [2.75, 3.05) is 23.4 Å². The van der Waals surface area contributed by atoms with Gasteiger partial charge in [0.2, 0.25) is 5.91 Å². The van der Waals surface area contributed by atoms with Gasteiger partial charge < -0.3 is 9.80 Å². The number of nitrogens with zero attached hydrogens (tertiary/aromatic N) is 3. The van der Waals surface area contributed by atoms with Crippen molar-refractivity contribution in [1.82, 2.24) is 4.98 Å². The fourth-order valence-electron chi connectivity index (χ4n) is 4.06. The SMILES string of the molecule is CC(C)c1ccc(CC(=O)N2CCCc3ncc(C(=O)N(C)c4ccccc4)cc32)cc1. The number of aromatic nitrogens is 1. The summed E-state index contributed by atoms with van der Waals surface area (Å²) in [4.78, 5) is 34.2. The number of amides is 2. The summed E-state index contributed by atoms with van der Waals surface area (Å²) in [5.74, 6) is 0.351. The third-order valence-electron chi connectivity index (χ3n) is 6.03. The van der Waals surface area contributed by atoms with Crippen LogP contribution in [0.5, 0.6) is 0 Å². The van der Waals surface area contributed by atoms with E-state index in [0.717, 1.165) is 35.5 Å². The fourth-order valence-corrected chi connectivity index (χ4v) is 4.06. The fraction of sp³-hybridized carbons (Fsp3) is 0.296. The number of pyridine rings is 1. The van der Waals surface area contributed by atoms with Crippen molar-refractivity contribution < 1.29 is 9.59 Å². The van der Waals surface area contributed by atoms with Crippen LogP contribution in [0.2, 0.25) is 0 Å². The molecule has 2 amide bonds. The average Bonchev–Trinajstić information content (AvgIpc) is 2.83. The van der Waals surface area contributed by atoms with E-state index in [1.807, 2.05) is 48.5 Å². The van der Waals surface area contributed by atoms with Gasteiger partial charge in [-0.2, -0.15) is 0 Å². The molecular weight excluding hydrogens is 398 g/mol. The van der Waals surface area contributed by atoms with Gasteiger partial charge in [-0.05, 0) is 48.1 Å². The zero-order valence-electron chi connectivity index (χ0n) is 18.9. The minimum absolute atomic E-state index is 0.0334. The number of carbonyl (C=O) groups is 2. The van der Waals surface area contributed by atoms with Gasteiger partial charge in [0.1, 0.15) is 0 Å². The summed E-state index contributed by atoms with van der Waals surface area (Å²) in [7, 11) is 1.75. The second-order valence-corrected chi connectivity index (χ2v) is 8.61. The van der Waals surface area contributed by atoms with E-state index < -0.39 is 0 Å². The lowest BCUT2D eigenvalue weighted by Gasteiger charge is -2.29. The van der Waals surface area contributed by atoms with Crippen LogP contribution in [-0.2, 0) is 17.6 Å². The Morgan fingerprint density at radius 3 is 2.47 bits per heavy atom. The van der Waals surface area contributed by atoms with Crippen molar-refractivity contribution in [2.24, 2.45) is 0 Å². The van der Waals surface area contributed by atoms with Gasteiger partial charge in [0.15, 0.2) is 0 Å². The molecule has 0 saturated carbocycles. The van der Waals surface area contributed by atoms with E-state index in [-0.39, 0.29) is 11.8 Å². The maximum atomic E-state index is 13.2. The molecule has 164 valence electrons. The van der Waals surface area contributed by atoms with Gasteiger partial charge in [-0.1, -0.05) is 56.3 Å². The third-order valence-corrected chi connectivity index (χ3v) is 6.03.